The molecule has 0 fully saturated rings. The van der Waals surface area contributed by atoms with Crippen molar-refractivity contribution >= 4 is 16.9 Å². The minimum atomic E-state index is -0.350. The second-order valence-corrected chi connectivity index (χ2v) is 9.57. The summed E-state index contributed by atoms with van der Waals surface area (Å²) in [4.78, 5) is 25.3. The fraction of sp³-hybridized carbons (Fsp3) is 0.440. The Morgan fingerprint density at radius 2 is 1.94 bits per heavy atom. The zero-order chi connectivity index (χ0) is 22.6. The molecule has 0 radical (unpaired) electrons. The molecule has 0 aliphatic carbocycles. The molecular formula is C25H31N3O3. The first kappa shape index (κ1) is 22.7. The molecule has 0 bridgehead atoms. The van der Waals surface area contributed by atoms with Crippen LogP contribution in [0.25, 0.3) is 10.9 Å². The van der Waals surface area contributed by atoms with Crippen LogP contribution >= 0.6 is 0 Å². The molecule has 1 atom stereocenters. The van der Waals surface area contributed by atoms with Gasteiger partial charge in [0.1, 0.15) is 5.52 Å². The van der Waals surface area contributed by atoms with Crippen molar-refractivity contribution in [3.05, 3.63) is 69.5 Å². The second-order valence-electron chi connectivity index (χ2n) is 9.57. The van der Waals surface area contributed by atoms with Gasteiger partial charge in [0.25, 0.3) is 5.56 Å². The SMILES string of the molecule is Cc1ccc2nnn(Cc3cccc(C(=O)OCCC(C)CC(C)(C)C)c3)c(=O)c2c1. The third kappa shape index (κ3) is 6.23. The number of ether oxygens (including phenoxy) is 1. The number of esters is 1. The van der Waals surface area contributed by atoms with Crippen LogP contribution in [-0.4, -0.2) is 27.6 Å². The maximum atomic E-state index is 12.8. The van der Waals surface area contributed by atoms with Gasteiger partial charge in [0.15, 0.2) is 0 Å². The fourth-order valence-corrected chi connectivity index (χ4v) is 3.85. The molecule has 0 N–H and O–H groups in total. The third-order valence-electron chi connectivity index (χ3n) is 5.18. The highest BCUT2D eigenvalue weighted by Gasteiger charge is 2.16. The smallest absolute Gasteiger partial charge is 0.338 e. The molecule has 0 spiro atoms. The normalized spacial score (nSPS) is 12.7. The van der Waals surface area contributed by atoms with Crippen molar-refractivity contribution in [3.63, 3.8) is 0 Å². The van der Waals surface area contributed by atoms with E-state index in [0.29, 0.717) is 29.0 Å². The van der Waals surface area contributed by atoms with Crippen molar-refractivity contribution in [3.8, 4) is 0 Å². The van der Waals surface area contributed by atoms with E-state index < -0.39 is 0 Å². The third-order valence-corrected chi connectivity index (χ3v) is 5.18. The lowest BCUT2D eigenvalue weighted by molar-refractivity contribution is 0.0478. The average molecular weight is 422 g/mol. The Bertz CT molecular complexity index is 1130. The van der Waals surface area contributed by atoms with E-state index in [1.54, 1.807) is 24.3 Å². The van der Waals surface area contributed by atoms with Crippen LogP contribution in [-0.2, 0) is 11.3 Å². The van der Waals surface area contributed by atoms with Gasteiger partial charge in [-0.25, -0.2) is 9.48 Å². The molecule has 1 aromatic heterocycles. The molecule has 0 aliphatic heterocycles. The molecule has 0 amide bonds. The van der Waals surface area contributed by atoms with Crippen LogP contribution < -0.4 is 5.56 Å². The predicted octanol–water partition coefficient (Wildman–Crippen LogP) is 4.77. The van der Waals surface area contributed by atoms with E-state index in [1.165, 1.54) is 4.68 Å². The summed E-state index contributed by atoms with van der Waals surface area (Å²) in [7, 11) is 0. The standard InChI is InChI=1S/C25H31N3O3/c1-17-9-10-22-21(13-17)23(29)28(27-26-22)16-19-7-6-8-20(14-19)24(30)31-12-11-18(2)15-25(3,4)5/h6-10,13-14,18H,11-12,15-16H2,1-5H3. The Morgan fingerprint density at radius 3 is 2.68 bits per heavy atom. The lowest BCUT2D eigenvalue weighted by Crippen LogP contribution is -2.25. The number of aryl methyl sites for hydroxylation is 1. The number of aromatic nitrogens is 3. The molecule has 164 valence electrons. The largest absolute Gasteiger partial charge is 0.462 e. The minimum Gasteiger partial charge on any atom is -0.462 e. The Hall–Kier alpha value is -3.02. The van der Waals surface area contributed by atoms with Gasteiger partial charge in [-0.1, -0.05) is 56.7 Å². The minimum absolute atomic E-state index is 0.200. The van der Waals surface area contributed by atoms with E-state index in [1.807, 2.05) is 25.1 Å². The molecule has 6 nitrogen and oxygen atoms in total. The van der Waals surface area contributed by atoms with Gasteiger partial charge in [-0.2, -0.15) is 0 Å². The van der Waals surface area contributed by atoms with Crippen molar-refractivity contribution in [2.45, 2.75) is 54.0 Å². The predicted molar refractivity (Wildman–Crippen MR) is 122 cm³/mol. The van der Waals surface area contributed by atoms with Gasteiger partial charge in [0, 0.05) is 0 Å². The number of benzene rings is 2. The highest BCUT2D eigenvalue weighted by molar-refractivity contribution is 5.89. The van der Waals surface area contributed by atoms with Crippen molar-refractivity contribution in [2.24, 2.45) is 11.3 Å². The molecule has 0 saturated carbocycles. The van der Waals surface area contributed by atoms with Crippen LogP contribution in [0.2, 0.25) is 0 Å². The topological polar surface area (TPSA) is 74.1 Å². The summed E-state index contributed by atoms with van der Waals surface area (Å²) in [6.45, 7) is 11.4. The lowest BCUT2D eigenvalue weighted by Gasteiger charge is -2.23. The van der Waals surface area contributed by atoms with Gasteiger partial charge in [-0.15, -0.1) is 5.10 Å². The number of hydrogen-bond donors (Lipinski definition) is 0. The van der Waals surface area contributed by atoms with Gasteiger partial charge in [-0.05, 0) is 60.9 Å². The van der Waals surface area contributed by atoms with E-state index in [0.717, 1.165) is 24.0 Å². The Kier molecular flexibility index (Phi) is 6.88. The first-order valence-electron chi connectivity index (χ1n) is 10.7. The number of carbonyl (C=O) groups excluding carboxylic acids is 1. The summed E-state index contributed by atoms with van der Waals surface area (Å²) in [5.41, 5.74) is 2.89. The van der Waals surface area contributed by atoms with Crippen molar-refractivity contribution in [1.82, 2.24) is 15.0 Å². The first-order valence-corrected chi connectivity index (χ1v) is 10.7. The zero-order valence-electron chi connectivity index (χ0n) is 19.0. The Balaban J connectivity index is 1.66. The summed E-state index contributed by atoms with van der Waals surface area (Å²) in [6.07, 6.45) is 1.92. The Labute approximate surface area is 183 Å². The van der Waals surface area contributed by atoms with Crippen LogP contribution in [0.4, 0.5) is 0 Å². The maximum Gasteiger partial charge on any atom is 0.338 e. The summed E-state index contributed by atoms with van der Waals surface area (Å²) in [6, 6.07) is 12.6. The van der Waals surface area contributed by atoms with Crippen molar-refractivity contribution in [2.75, 3.05) is 6.61 Å². The van der Waals surface area contributed by atoms with Gasteiger partial charge >= 0.3 is 5.97 Å². The van der Waals surface area contributed by atoms with E-state index in [4.69, 9.17) is 4.74 Å². The molecule has 1 unspecified atom stereocenters. The molecule has 2 aromatic carbocycles. The number of rotatable bonds is 7. The quantitative estimate of drug-likeness (QED) is 0.514. The van der Waals surface area contributed by atoms with E-state index in [9.17, 15) is 9.59 Å². The fourth-order valence-electron chi connectivity index (χ4n) is 3.85. The Morgan fingerprint density at radius 1 is 1.16 bits per heavy atom. The summed E-state index contributed by atoms with van der Waals surface area (Å²) in [5, 5.41) is 8.72. The average Bonchev–Trinajstić information content (AvgIpc) is 2.69. The first-order chi connectivity index (χ1) is 14.6. The molecular weight excluding hydrogens is 390 g/mol. The second kappa shape index (κ2) is 9.41. The van der Waals surface area contributed by atoms with Crippen molar-refractivity contribution in [1.29, 1.82) is 0 Å². The van der Waals surface area contributed by atoms with Crippen LogP contribution in [0.3, 0.4) is 0 Å². The van der Waals surface area contributed by atoms with E-state index in [2.05, 4.69) is 38.0 Å². The van der Waals surface area contributed by atoms with E-state index >= 15 is 0 Å². The van der Waals surface area contributed by atoms with Crippen molar-refractivity contribution < 1.29 is 9.53 Å². The lowest BCUT2D eigenvalue weighted by atomic mass is 9.84. The molecule has 31 heavy (non-hydrogen) atoms. The van der Waals surface area contributed by atoms with Crippen LogP contribution in [0.15, 0.2) is 47.3 Å². The number of fused-ring (bicyclic) bond motifs is 1. The summed E-state index contributed by atoms with van der Waals surface area (Å²) >= 11 is 0. The number of hydrogen-bond acceptors (Lipinski definition) is 5. The monoisotopic (exact) mass is 421 g/mol. The van der Waals surface area contributed by atoms with Crippen LogP contribution in [0.5, 0.6) is 0 Å². The molecule has 3 aromatic rings. The summed E-state index contributed by atoms with van der Waals surface area (Å²) in [5.74, 6) is 0.138. The van der Waals surface area contributed by atoms with Gasteiger partial charge < -0.3 is 4.74 Å². The van der Waals surface area contributed by atoms with Crippen LogP contribution in [0, 0.1) is 18.3 Å². The van der Waals surface area contributed by atoms with Crippen LogP contribution in [0.1, 0.15) is 62.0 Å². The molecule has 1 heterocycles. The number of carbonyl (C=O) groups is 1. The molecule has 0 aliphatic rings. The molecule has 3 rings (SSSR count). The highest BCUT2D eigenvalue weighted by atomic mass is 16.5. The van der Waals surface area contributed by atoms with E-state index in [-0.39, 0.29) is 23.5 Å². The molecule has 0 saturated heterocycles. The van der Waals surface area contributed by atoms with Gasteiger partial charge in [0.2, 0.25) is 0 Å². The molecule has 6 heteroatoms. The highest BCUT2D eigenvalue weighted by Crippen LogP contribution is 2.25. The summed E-state index contributed by atoms with van der Waals surface area (Å²) < 4.78 is 6.80. The van der Waals surface area contributed by atoms with Gasteiger partial charge in [-0.3, -0.25) is 4.79 Å². The van der Waals surface area contributed by atoms with Gasteiger partial charge in [0.05, 0.1) is 24.1 Å². The zero-order valence-corrected chi connectivity index (χ0v) is 19.0. The number of nitrogens with zero attached hydrogens (tertiary/aromatic N) is 3. The maximum absolute atomic E-state index is 12.8.